The highest BCUT2D eigenvalue weighted by atomic mass is 35.5. The van der Waals surface area contributed by atoms with Crippen LogP contribution in [0.2, 0.25) is 10.0 Å². The molecule has 7 nitrogen and oxygen atoms in total. The highest BCUT2D eigenvalue weighted by molar-refractivity contribution is 6.35. The summed E-state index contributed by atoms with van der Waals surface area (Å²) in [5.74, 6) is 1.85. The van der Waals surface area contributed by atoms with Gasteiger partial charge in [-0.25, -0.2) is 4.68 Å². The molecular formula is C20H23Cl2N5O2. The first kappa shape index (κ1) is 21.2. The fourth-order valence-corrected chi connectivity index (χ4v) is 3.31. The van der Waals surface area contributed by atoms with E-state index in [1.807, 2.05) is 18.2 Å². The van der Waals surface area contributed by atoms with Gasteiger partial charge in [0.15, 0.2) is 11.5 Å². The van der Waals surface area contributed by atoms with Crippen molar-refractivity contribution < 1.29 is 9.47 Å². The maximum absolute atomic E-state index is 6.26. The Morgan fingerprint density at radius 3 is 2.59 bits per heavy atom. The highest BCUT2D eigenvalue weighted by Crippen LogP contribution is 2.34. The van der Waals surface area contributed by atoms with Gasteiger partial charge in [0.25, 0.3) is 0 Å². The van der Waals surface area contributed by atoms with Gasteiger partial charge in [-0.1, -0.05) is 59.8 Å². The van der Waals surface area contributed by atoms with Crippen LogP contribution in [0, 0.1) is 0 Å². The number of methoxy groups -OCH3 is 1. The number of unbranched alkanes of at least 4 members (excludes halogenated alkanes) is 1. The third-order valence-electron chi connectivity index (χ3n) is 4.40. The summed E-state index contributed by atoms with van der Waals surface area (Å²) in [6.45, 7) is 3.58. The lowest BCUT2D eigenvalue weighted by atomic mass is 10.1. The minimum Gasteiger partial charge on any atom is -0.493 e. The lowest BCUT2D eigenvalue weighted by molar-refractivity contribution is 0.282. The van der Waals surface area contributed by atoms with Gasteiger partial charge in [0.1, 0.15) is 6.61 Å². The fourth-order valence-electron chi connectivity index (χ4n) is 2.80. The maximum atomic E-state index is 6.26. The summed E-state index contributed by atoms with van der Waals surface area (Å²) in [4.78, 5) is 0. The number of aromatic nitrogens is 4. The van der Waals surface area contributed by atoms with Gasteiger partial charge in [-0.15, -0.1) is 0 Å². The van der Waals surface area contributed by atoms with Crippen LogP contribution in [0.25, 0.3) is 0 Å². The van der Waals surface area contributed by atoms with Crippen LogP contribution in [0.15, 0.2) is 36.4 Å². The van der Waals surface area contributed by atoms with Crippen molar-refractivity contribution >= 4 is 29.2 Å². The van der Waals surface area contributed by atoms with Gasteiger partial charge in [-0.2, -0.15) is 0 Å². The Balaban J connectivity index is 1.77. The topological polar surface area (TPSA) is 74.1 Å². The third kappa shape index (κ3) is 5.31. The minimum atomic E-state index is 0.222. The number of ether oxygens (including phenoxy) is 2. The van der Waals surface area contributed by atoms with Gasteiger partial charge in [0.2, 0.25) is 5.95 Å². The summed E-state index contributed by atoms with van der Waals surface area (Å²) in [5.41, 5.74) is 1.63. The van der Waals surface area contributed by atoms with Crippen LogP contribution in [0.5, 0.6) is 11.5 Å². The number of halogens is 2. The molecule has 0 spiro atoms. The number of benzene rings is 2. The lowest BCUT2D eigenvalue weighted by Gasteiger charge is -2.16. The molecule has 3 rings (SSSR count). The summed E-state index contributed by atoms with van der Waals surface area (Å²) in [6.07, 6.45) is 2.07. The maximum Gasteiger partial charge on any atom is 0.243 e. The van der Waals surface area contributed by atoms with Gasteiger partial charge >= 0.3 is 0 Å². The molecule has 0 saturated heterocycles. The first-order chi connectivity index (χ1) is 14.1. The van der Waals surface area contributed by atoms with Gasteiger partial charge < -0.3 is 14.8 Å². The van der Waals surface area contributed by atoms with Crippen LogP contribution >= 0.6 is 23.2 Å². The Kier molecular flexibility index (Phi) is 7.55. The number of para-hydroxylation sites is 1. The number of aryl methyl sites for hydroxylation is 1. The number of rotatable bonds is 10. The second-order valence-corrected chi connectivity index (χ2v) is 7.18. The van der Waals surface area contributed by atoms with Gasteiger partial charge in [0.05, 0.1) is 7.11 Å². The summed E-state index contributed by atoms with van der Waals surface area (Å²) < 4.78 is 13.3. The van der Waals surface area contributed by atoms with Gasteiger partial charge in [-0.3, -0.25) is 0 Å². The van der Waals surface area contributed by atoms with Crippen molar-refractivity contribution in [3.05, 3.63) is 57.6 Å². The van der Waals surface area contributed by atoms with E-state index in [2.05, 4.69) is 27.8 Å². The van der Waals surface area contributed by atoms with E-state index in [4.69, 9.17) is 32.7 Å². The predicted molar refractivity (Wildman–Crippen MR) is 114 cm³/mol. The molecule has 0 unspecified atom stereocenters. The molecule has 0 atom stereocenters. The molecule has 9 heteroatoms. The Labute approximate surface area is 179 Å². The van der Waals surface area contributed by atoms with Crippen LogP contribution in [-0.4, -0.2) is 27.3 Å². The molecule has 0 aliphatic rings. The molecule has 29 heavy (non-hydrogen) atoms. The molecule has 0 aliphatic carbocycles. The predicted octanol–water partition coefficient (Wildman–Crippen LogP) is 4.98. The Bertz CT molecular complexity index is 928. The smallest absolute Gasteiger partial charge is 0.243 e. The Morgan fingerprint density at radius 1 is 1.10 bits per heavy atom. The molecule has 0 radical (unpaired) electrons. The highest BCUT2D eigenvalue weighted by Gasteiger charge is 2.14. The fraction of sp³-hybridized carbons (Fsp3) is 0.350. The van der Waals surface area contributed by atoms with Gasteiger partial charge in [0, 0.05) is 34.3 Å². The van der Waals surface area contributed by atoms with Crippen molar-refractivity contribution in [1.29, 1.82) is 0 Å². The number of nitrogens with one attached hydrogen (secondary N) is 1. The molecule has 1 N–H and O–H groups in total. The molecule has 2 aromatic carbocycles. The lowest BCUT2D eigenvalue weighted by Crippen LogP contribution is -2.10. The molecule has 1 heterocycles. The van der Waals surface area contributed by atoms with Crippen LogP contribution in [0.3, 0.4) is 0 Å². The minimum absolute atomic E-state index is 0.222. The monoisotopic (exact) mass is 435 g/mol. The summed E-state index contributed by atoms with van der Waals surface area (Å²) in [6, 6.07) is 11.1. The van der Waals surface area contributed by atoms with Crippen LogP contribution < -0.4 is 14.8 Å². The quantitative estimate of drug-likeness (QED) is 0.483. The Hall–Kier alpha value is -2.51. The van der Waals surface area contributed by atoms with E-state index in [0.717, 1.165) is 30.5 Å². The van der Waals surface area contributed by atoms with Crippen molar-refractivity contribution in [1.82, 2.24) is 20.2 Å². The molecule has 0 amide bonds. The zero-order valence-electron chi connectivity index (χ0n) is 16.4. The van der Waals surface area contributed by atoms with Crippen LogP contribution in [-0.2, 0) is 19.7 Å². The van der Waals surface area contributed by atoms with Crippen LogP contribution in [0.4, 0.5) is 5.95 Å². The third-order valence-corrected chi connectivity index (χ3v) is 5.10. The molecule has 154 valence electrons. The van der Waals surface area contributed by atoms with E-state index < -0.39 is 0 Å². The first-order valence-electron chi connectivity index (χ1n) is 9.35. The number of tetrazole rings is 1. The normalized spacial score (nSPS) is 10.8. The average Bonchev–Trinajstić information content (AvgIpc) is 3.18. The molecule has 3 aromatic rings. The van der Waals surface area contributed by atoms with E-state index >= 15 is 0 Å². The second-order valence-electron chi connectivity index (χ2n) is 6.37. The number of anilines is 1. The SMILES string of the molecule is CCCCn1nnnc1NCc1cccc(OC)c1OCc1c(Cl)cccc1Cl. The van der Waals surface area contributed by atoms with E-state index in [0.29, 0.717) is 34.0 Å². The molecule has 0 aliphatic heterocycles. The molecule has 0 bridgehead atoms. The van der Waals surface area contributed by atoms with Crippen molar-refractivity contribution in [2.24, 2.45) is 0 Å². The number of hydrogen-bond donors (Lipinski definition) is 1. The van der Waals surface area contributed by atoms with Crippen molar-refractivity contribution in [2.75, 3.05) is 12.4 Å². The van der Waals surface area contributed by atoms with E-state index in [1.165, 1.54) is 0 Å². The second kappa shape index (κ2) is 10.3. The summed E-state index contributed by atoms with van der Waals surface area (Å²) in [5, 5.41) is 16.2. The molecule has 0 saturated carbocycles. The van der Waals surface area contributed by atoms with Gasteiger partial charge in [-0.05, 0) is 35.0 Å². The number of hydrogen-bond acceptors (Lipinski definition) is 6. The molecular weight excluding hydrogens is 413 g/mol. The molecule has 0 fully saturated rings. The zero-order valence-corrected chi connectivity index (χ0v) is 17.9. The summed E-state index contributed by atoms with van der Waals surface area (Å²) >= 11 is 12.5. The van der Waals surface area contributed by atoms with Crippen LogP contribution in [0.1, 0.15) is 30.9 Å². The van der Waals surface area contributed by atoms with Crippen molar-refractivity contribution in [3.63, 3.8) is 0 Å². The Morgan fingerprint density at radius 2 is 1.86 bits per heavy atom. The van der Waals surface area contributed by atoms with E-state index in [1.54, 1.807) is 30.0 Å². The number of nitrogens with zero attached hydrogens (tertiary/aromatic N) is 4. The first-order valence-corrected chi connectivity index (χ1v) is 10.1. The summed E-state index contributed by atoms with van der Waals surface area (Å²) in [7, 11) is 1.60. The largest absolute Gasteiger partial charge is 0.493 e. The molecule has 1 aromatic heterocycles. The van der Waals surface area contributed by atoms with E-state index in [-0.39, 0.29) is 6.61 Å². The standard InChI is InChI=1S/C20H23Cl2N5O2/c1-3-4-11-27-20(24-25-26-27)23-12-14-7-5-10-18(28-2)19(14)29-13-15-16(21)8-6-9-17(15)22/h5-10H,3-4,11-13H2,1-2H3,(H,23,24,26). The zero-order chi connectivity index (χ0) is 20.6. The van der Waals surface area contributed by atoms with Crippen molar-refractivity contribution in [2.45, 2.75) is 39.5 Å². The van der Waals surface area contributed by atoms with Crippen molar-refractivity contribution in [3.8, 4) is 11.5 Å². The van der Waals surface area contributed by atoms with E-state index in [9.17, 15) is 0 Å². The average molecular weight is 436 g/mol.